The maximum absolute atomic E-state index is 12.4. The molecular weight excluding hydrogens is 302 g/mol. The average molecular weight is 319 g/mol. The SMILES string of the molecule is CCOC(=O)c1c(-c2ncccn2)cc(-c2ccccc2)nc1C. The van der Waals surface area contributed by atoms with Crippen molar-refractivity contribution in [1.82, 2.24) is 15.0 Å². The molecule has 2 heterocycles. The van der Waals surface area contributed by atoms with Crippen LogP contribution in [-0.2, 0) is 4.74 Å². The zero-order chi connectivity index (χ0) is 16.9. The molecular formula is C19H17N3O2. The van der Waals surface area contributed by atoms with Gasteiger partial charge in [-0.3, -0.25) is 4.98 Å². The lowest BCUT2D eigenvalue weighted by Gasteiger charge is -2.13. The van der Waals surface area contributed by atoms with Crippen LogP contribution in [0.3, 0.4) is 0 Å². The van der Waals surface area contributed by atoms with Crippen molar-refractivity contribution in [2.45, 2.75) is 13.8 Å². The largest absolute Gasteiger partial charge is 0.462 e. The molecule has 0 aliphatic rings. The zero-order valence-corrected chi connectivity index (χ0v) is 13.6. The number of hydrogen-bond donors (Lipinski definition) is 0. The summed E-state index contributed by atoms with van der Waals surface area (Å²) in [5.74, 6) is 0.0628. The van der Waals surface area contributed by atoms with E-state index < -0.39 is 5.97 Å². The molecule has 0 N–H and O–H groups in total. The summed E-state index contributed by atoms with van der Waals surface area (Å²) in [6, 6.07) is 13.4. The molecule has 1 aromatic carbocycles. The average Bonchev–Trinajstić information content (AvgIpc) is 2.62. The summed E-state index contributed by atoms with van der Waals surface area (Å²) in [7, 11) is 0. The second-order valence-corrected chi connectivity index (χ2v) is 5.17. The molecule has 0 unspecified atom stereocenters. The standard InChI is InChI=1S/C19H17N3O2/c1-3-24-19(23)17-13(2)22-16(14-8-5-4-6-9-14)12-15(17)18-20-10-7-11-21-18/h4-12H,3H2,1-2H3. The lowest BCUT2D eigenvalue weighted by Crippen LogP contribution is -2.11. The molecule has 5 nitrogen and oxygen atoms in total. The molecule has 0 bridgehead atoms. The number of pyridine rings is 1. The van der Waals surface area contributed by atoms with Gasteiger partial charge in [0.1, 0.15) is 0 Å². The number of esters is 1. The fourth-order valence-corrected chi connectivity index (χ4v) is 2.50. The van der Waals surface area contributed by atoms with E-state index in [4.69, 9.17) is 4.74 Å². The summed E-state index contributed by atoms with van der Waals surface area (Å²) in [5, 5.41) is 0. The topological polar surface area (TPSA) is 65.0 Å². The smallest absolute Gasteiger partial charge is 0.340 e. The van der Waals surface area contributed by atoms with E-state index in [-0.39, 0.29) is 0 Å². The van der Waals surface area contributed by atoms with Gasteiger partial charge < -0.3 is 4.74 Å². The Morgan fingerprint density at radius 1 is 1.08 bits per heavy atom. The molecule has 5 heteroatoms. The molecule has 0 amide bonds. The van der Waals surface area contributed by atoms with E-state index in [1.54, 1.807) is 32.3 Å². The van der Waals surface area contributed by atoms with Crippen LogP contribution in [0.5, 0.6) is 0 Å². The number of hydrogen-bond acceptors (Lipinski definition) is 5. The minimum absolute atomic E-state index is 0.299. The number of rotatable bonds is 4. The van der Waals surface area contributed by atoms with Gasteiger partial charge >= 0.3 is 5.97 Å². The number of benzene rings is 1. The monoisotopic (exact) mass is 319 g/mol. The summed E-state index contributed by atoms with van der Waals surface area (Å²) >= 11 is 0. The van der Waals surface area contributed by atoms with Crippen molar-refractivity contribution in [3.8, 4) is 22.6 Å². The van der Waals surface area contributed by atoms with Gasteiger partial charge in [0.15, 0.2) is 5.82 Å². The molecule has 0 saturated carbocycles. The molecule has 2 aromatic heterocycles. The number of aromatic nitrogens is 3. The third-order valence-electron chi connectivity index (χ3n) is 3.56. The first-order chi connectivity index (χ1) is 11.7. The predicted molar refractivity (Wildman–Crippen MR) is 91.4 cm³/mol. The van der Waals surface area contributed by atoms with Crippen molar-refractivity contribution >= 4 is 5.97 Å². The van der Waals surface area contributed by atoms with Crippen LogP contribution in [0.1, 0.15) is 23.0 Å². The van der Waals surface area contributed by atoms with Gasteiger partial charge in [0.2, 0.25) is 0 Å². The normalized spacial score (nSPS) is 10.4. The van der Waals surface area contributed by atoms with E-state index in [0.29, 0.717) is 29.3 Å². The van der Waals surface area contributed by atoms with Gasteiger partial charge in [0.25, 0.3) is 0 Å². The highest BCUT2D eigenvalue weighted by Gasteiger charge is 2.21. The molecule has 24 heavy (non-hydrogen) atoms. The van der Waals surface area contributed by atoms with Crippen LogP contribution in [-0.4, -0.2) is 27.5 Å². The Morgan fingerprint density at radius 2 is 1.79 bits per heavy atom. The van der Waals surface area contributed by atoms with Crippen LogP contribution < -0.4 is 0 Å². The van der Waals surface area contributed by atoms with Gasteiger partial charge in [-0.15, -0.1) is 0 Å². The van der Waals surface area contributed by atoms with Gasteiger partial charge in [-0.05, 0) is 26.0 Å². The van der Waals surface area contributed by atoms with E-state index >= 15 is 0 Å². The molecule has 0 saturated heterocycles. The summed E-state index contributed by atoms with van der Waals surface area (Å²) in [6.45, 7) is 3.87. The molecule has 120 valence electrons. The molecule has 0 fully saturated rings. The van der Waals surface area contributed by atoms with Crippen LogP contribution in [0.25, 0.3) is 22.6 Å². The Kier molecular flexibility index (Phi) is 4.61. The van der Waals surface area contributed by atoms with Crippen LogP contribution in [0.15, 0.2) is 54.9 Å². The highest BCUT2D eigenvalue weighted by atomic mass is 16.5. The quantitative estimate of drug-likeness (QED) is 0.686. The lowest BCUT2D eigenvalue weighted by molar-refractivity contribution is 0.0526. The van der Waals surface area contributed by atoms with Crippen LogP contribution in [0, 0.1) is 6.92 Å². The van der Waals surface area contributed by atoms with Crippen molar-refractivity contribution < 1.29 is 9.53 Å². The maximum atomic E-state index is 12.4. The van der Waals surface area contributed by atoms with Crippen molar-refractivity contribution in [2.75, 3.05) is 6.61 Å². The van der Waals surface area contributed by atoms with Gasteiger partial charge in [-0.1, -0.05) is 30.3 Å². The Balaban J connectivity index is 2.21. The van der Waals surface area contributed by atoms with E-state index in [9.17, 15) is 4.79 Å². The number of aryl methyl sites for hydroxylation is 1. The third kappa shape index (κ3) is 3.15. The van der Waals surface area contributed by atoms with E-state index in [2.05, 4.69) is 15.0 Å². The van der Waals surface area contributed by atoms with Crippen LogP contribution in [0.2, 0.25) is 0 Å². The summed E-state index contributed by atoms with van der Waals surface area (Å²) in [4.78, 5) is 25.5. The van der Waals surface area contributed by atoms with Gasteiger partial charge in [0.05, 0.1) is 23.6 Å². The minimum Gasteiger partial charge on any atom is -0.462 e. The molecule has 3 aromatic rings. The number of ether oxygens (including phenoxy) is 1. The molecule has 0 aliphatic carbocycles. The number of carbonyl (C=O) groups is 1. The van der Waals surface area contributed by atoms with Crippen molar-refractivity contribution in [2.24, 2.45) is 0 Å². The first-order valence-corrected chi connectivity index (χ1v) is 7.72. The minimum atomic E-state index is -0.412. The van der Waals surface area contributed by atoms with Crippen molar-refractivity contribution in [1.29, 1.82) is 0 Å². The lowest BCUT2D eigenvalue weighted by atomic mass is 10.0. The van der Waals surface area contributed by atoms with Crippen LogP contribution in [0.4, 0.5) is 0 Å². The number of nitrogens with zero attached hydrogens (tertiary/aromatic N) is 3. The fraction of sp³-hybridized carbons (Fsp3) is 0.158. The fourth-order valence-electron chi connectivity index (χ4n) is 2.50. The Labute approximate surface area is 140 Å². The van der Waals surface area contributed by atoms with Gasteiger partial charge in [0, 0.05) is 23.5 Å². The maximum Gasteiger partial charge on any atom is 0.340 e. The van der Waals surface area contributed by atoms with Crippen molar-refractivity contribution in [3.05, 3.63) is 66.1 Å². The predicted octanol–water partition coefficient (Wildman–Crippen LogP) is 3.69. The van der Waals surface area contributed by atoms with Crippen molar-refractivity contribution in [3.63, 3.8) is 0 Å². The molecule has 3 rings (SSSR count). The van der Waals surface area contributed by atoms with Crippen LogP contribution >= 0.6 is 0 Å². The Bertz CT molecular complexity index is 849. The van der Waals surface area contributed by atoms with E-state index in [1.165, 1.54) is 0 Å². The molecule has 0 atom stereocenters. The highest BCUT2D eigenvalue weighted by molar-refractivity contribution is 5.98. The first kappa shape index (κ1) is 15.8. The first-order valence-electron chi connectivity index (χ1n) is 7.72. The summed E-state index contributed by atoms with van der Waals surface area (Å²) in [5.41, 5.74) is 3.36. The summed E-state index contributed by atoms with van der Waals surface area (Å²) in [6.07, 6.45) is 3.30. The molecule has 0 aliphatic heterocycles. The Morgan fingerprint density at radius 3 is 2.46 bits per heavy atom. The third-order valence-corrected chi connectivity index (χ3v) is 3.56. The van der Waals surface area contributed by atoms with E-state index in [1.807, 2.05) is 36.4 Å². The molecule has 0 spiro atoms. The van der Waals surface area contributed by atoms with E-state index in [0.717, 1.165) is 11.3 Å². The van der Waals surface area contributed by atoms with Gasteiger partial charge in [-0.25, -0.2) is 14.8 Å². The second-order valence-electron chi connectivity index (χ2n) is 5.17. The second kappa shape index (κ2) is 7.00. The number of carbonyl (C=O) groups excluding carboxylic acids is 1. The summed E-state index contributed by atoms with van der Waals surface area (Å²) < 4.78 is 5.18. The van der Waals surface area contributed by atoms with Gasteiger partial charge in [-0.2, -0.15) is 0 Å². The molecule has 0 radical (unpaired) electrons. The zero-order valence-electron chi connectivity index (χ0n) is 13.6. The highest BCUT2D eigenvalue weighted by Crippen LogP contribution is 2.28. The Hall–Kier alpha value is -3.08.